The molecule has 5 nitrogen and oxygen atoms in total. The van der Waals surface area contributed by atoms with Gasteiger partial charge in [-0.1, -0.05) is 0 Å². The maximum atomic E-state index is 10.6. The number of likely N-dealkylation sites (N-methyl/N-ethyl adjacent to an activating group) is 1. The van der Waals surface area contributed by atoms with Crippen LogP contribution in [0.1, 0.15) is 12.6 Å². The largest absolute Gasteiger partial charge is 0.480 e. The van der Waals surface area contributed by atoms with Crippen molar-refractivity contribution in [2.45, 2.75) is 6.92 Å². The summed E-state index contributed by atoms with van der Waals surface area (Å²) in [5, 5.41) is 17.5. The average Bonchev–Trinajstić information content (AvgIpc) is 2.25. The lowest BCUT2D eigenvalue weighted by atomic mass is 10.2. The molecule has 1 aromatic heterocycles. The van der Waals surface area contributed by atoms with Crippen LogP contribution in [0.2, 0.25) is 0 Å². The number of rotatable bonds is 4. The smallest absolute Gasteiger partial charge is 0.323 e. The molecule has 0 aliphatic heterocycles. The number of hydrogen-bond donors (Lipinski definition) is 1. The van der Waals surface area contributed by atoms with Gasteiger partial charge >= 0.3 is 5.97 Å². The average molecular weight is 205 g/mol. The van der Waals surface area contributed by atoms with Gasteiger partial charge in [0.05, 0.1) is 5.69 Å². The zero-order valence-electron chi connectivity index (χ0n) is 8.34. The number of carboxylic acid groups (broad SMARTS) is 1. The second kappa shape index (κ2) is 4.96. The van der Waals surface area contributed by atoms with Gasteiger partial charge in [-0.05, 0) is 19.1 Å². The Balaban J connectivity index is 3.01. The minimum atomic E-state index is -0.926. The van der Waals surface area contributed by atoms with Crippen LogP contribution < -0.4 is 4.90 Å². The van der Waals surface area contributed by atoms with Gasteiger partial charge in [-0.2, -0.15) is 5.26 Å². The molecule has 78 valence electrons. The molecule has 0 fully saturated rings. The molecule has 0 bridgehead atoms. The van der Waals surface area contributed by atoms with Crippen molar-refractivity contribution in [1.29, 1.82) is 5.26 Å². The van der Waals surface area contributed by atoms with Crippen LogP contribution in [0.5, 0.6) is 0 Å². The van der Waals surface area contributed by atoms with E-state index in [1.165, 1.54) is 6.20 Å². The number of anilines is 1. The highest BCUT2D eigenvalue weighted by Crippen LogP contribution is 2.16. The first-order chi connectivity index (χ1) is 7.19. The summed E-state index contributed by atoms with van der Waals surface area (Å²) < 4.78 is 0. The lowest BCUT2D eigenvalue weighted by Gasteiger charge is -2.20. The van der Waals surface area contributed by atoms with Crippen LogP contribution in [-0.2, 0) is 4.79 Å². The van der Waals surface area contributed by atoms with Crippen molar-refractivity contribution >= 4 is 11.7 Å². The highest BCUT2D eigenvalue weighted by atomic mass is 16.4. The summed E-state index contributed by atoms with van der Waals surface area (Å²) >= 11 is 0. The first-order valence-corrected chi connectivity index (χ1v) is 4.51. The van der Waals surface area contributed by atoms with Crippen molar-refractivity contribution in [2.24, 2.45) is 0 Å². The van der Waals surface area contributed by atoms with Crippen LogP contribution in [0.25, 0.3) is 0 Å². The number of aliphatic carboxylic acids is 1. The van der Waals surface area contributed by atoms with Crippen molar-refractivity contribution in [2.75, 3.05) is 18.0 Å². The SMILES string of the molecule is CCN(CC(=O)O)c1cccnc1C#N. The number of carboxylic acids is 1. The highest BCUT2D eigenvalue weighted by Gasteiger charge is 2.12. The van der Waals surface area contributed by atoms with E-state index in [0.29, 0.717) is 12.2 Å². The lowest BCUT2D eigenvalue weighted by Crippen LogP contribution is -2.30. The van der Waals surface area contributed by atoms with E-state index in [1.807, 2.05) is 13.0 Å². The molecule has 0 aromatic carbocycles. The fourth-order valence-electron chi connectivity index (χ4n) is 1.27. The van der Waals surface area contributed by atoms with E-state index in [0.717, 1.165) is 0 Å². The van der Waals surface area contributed by atoms with E-state index in [-0.39, 0.29) is 12.2 Å². The van der Waals surface area contributed by atoms with Gasteiger partial charge in [0, 0.05) is 12.7 Å². The fourth-order valence-corrected chi connectivity index (χ4v) is 1.27. The van der Waals surface area contributed by atoms with E-state index in [4.69, 9.17) is 10.4 Å². The monoisotopic (exact) mass is 205 g/mol. The van der Waals surface area contributed by atoms with Gasteiger partial charge in [0.2, 0.25) is 0 Å². The van der Waals surface area contributed by atoms with E-state index < -0.39 is 5.97 Å². The number of hydrogen-bond acceptors (Lipinski definition) is 4. The van der Waals surface area contributed by atoms with Crippen molar-refractivity contribution in [3.63, 3.8) is 0 Å². The van der Waals surface area contributed by atoms with Gasteiger partial charge < -0.3 is 10.0 Å². The van der Waals surface area contributed by atoms with E-state index in [9.17, 15) is 4.79 Å². The van der Waals surface area contributed by atoms with Gasteiger partial charge in [0.25, 0.3) is 0 Å². The molecule has 0 radical (unpaired) electrons. The number of pyridine rings is 1. The van der Waals surface area contributed by atoms with Crippen LogP contribution >= 0.6 is 0 Å². The molecule has 0 unspecified atom stereocenters. The molecule has 0 saturated carbocycles. The van der Waals surface area contributed by atoms with Gasteiger partial charge in [-0.15, -0.1) is 0 Å². The number of carbonyl (C=O) groups is 1. The molecular weight excluding hydrogens is 194 g/mol. The van der Waals surface area contributed by atoms with E-state index >= 15 is 0 Å². The van der Waals surface area contributed by atoms with Crippen LogP contribution in [0.3, 0.4) is 0 Å². The quantitative estimate of drug-likeness (QED) is 0.788. The van der Waals surface area contributed by atoms with Gasteiger partial charge in [0.15, 0.2) is 5.69 Å². The van der Waals surface area contributed by atoms with Crippen molar-refractivity contribution in [3.05, 3.63) is 24.0 Å². The Kier molecular flexibility index (Phi) is 3.63. The summed E-state index contributed by atoms with van der Waals surface area (Å²) in [6.45, 7) is 2.22. The molecule has 1 aromatic rings. The molecule has 0 spiro atoms. The highest BCUT2D eigenvalue weighted by molar-refractivity contribution is 5.74. The standard InChI is InChI=1S/C10H11N3O2/c1-2-13(7-10(14)15)9-4-3-5-12-8(9)6-11/h3-5H,2,7H2,1H3,(H,14,15). The topological polar surface area (TPSA) is 77.2 Å². The third-order valence-corrected chi connectivity index (χ3v) is 1.94. The zero-order valence-corrected chi connectivity index (χ0v) is 8.34. The molecule has 1 N–H and O–H groups in total. The van der Waals surface area contributed by atoms with Gasteiger partial charge in [-0.25, -0.2) is 4.98 Å². The van der Waals surface area contributed by atoms with Gasteiger partial charge in [-0.3, -0.25) is 4.79 Å². The van der Waals surface area contributed by atoms with Crippen molar-refractivity contribution < 1.29 is 9.90 Å². The number of aromatic nitrogens is 1. The van der Waals surface area contributed by atoms with Crippen LogP contribution in [0.15, 0.2) is 18.3 Å². The Morgan fingerprint density at radius 3 is 3.00 bits per heavy atom. The molecule has 0 saturated heterocycles. The second-order valence-electron chi connectivity index (χ2n) is 2.89. The molecular formula is C10H11N3O2. The Bertz CT molecular complexity index is 398. The first-order valence-electron chi connectivity index (χ1n) is 4.51. The van der Waals surface area contributed by atoms with Crippen LogP contribution in [0, 0.1) is 11.3 Å². The second-order valence-corrected chi connectivity index (χ2v) is 2.89. The molecule has 1 heterocycles. The van der Waals surface area contributed by atoms with Gasteiger partial charge in [0.1, 0.15) is 12.6 Å². The fraction of sp³-hybridized carbons (Fsp3) is 0.300. The normalized spacial score (nSPS) is 9.33. The Labute approximate surface area is 87.6 Å². The molecule has 5 heteroatoms. The predicted octanol–water partition coefficient (Wildman–Crippen LogP) is 0.864. The molecule has 0 aliphatic carbocycles. The number of nitrogens with zero attached hydrogens (tertiary/aromatic N) is 3. The molecule has 0 atom stereocenters. The Morgan fingerprint density at radius 2 is 2.47 bits per heavy atom. The minimum absolute atomic E-state index is 0.128. The van der Waals surface area contributed by atoms with E-state index in [2.05, 4.69) is 4.98 Å². The summed E-state index contributed by atoms with van der Waals surface area (Å²) in [5.74, 6) is -0.926. The summed E-state index contributed by atoms with van der Waals surface area (Å²) in [4.78, 5) is 16.1. The Morgan fingerprint density at radius 1 is 1.73 bits per heavy atom. The number of nitriles is 1. The maximum Gasteiger partial charge on any atom is 0.323 e. The molecule has 1 rings (SSSR count). The zero-order chi connectivity index (χ0) is 11.3. The lowest BCUT2D eigenvalue weighted by molar-refractivity contribution is -0.135. The summed E-state index contributed by atoms with van der Waals surface area (Å²) in [6, 6.07) is 5.31. The summed E-state index contributed by atoms with van der Waals surface area (Å²) in [6.07, 6.45) is 1.51. The molecule has 0 aliphatic rings. The molecule has 15 heavy (non-hydrogen) atoms. The predicted molar refractivity (Wildman–Crippen MR) is 54.5 cm³/mol. The third kappa shape index (κ3) is 2.68. The summed E-state index contributed by atoms with van der Waals surface area (Å²) in [5.41, 5.74) is 0.811. The van der Waals surface area contributed by atoms with Crippen LogP contribution in [-0.4, -0.2) is 29.1 Å². The molecule has 0 amide bonds. The Hall–Kier alpha value is -2.09. The third-order valence-electron chi connectivity index (χ3n) is 1.94. The maximum absolute atomic E-state index is 10.6. The van der Waals surface area contributed by atoms with Crippen LogP contribution in [0.4, 0.5) is 5.69 Å². The van der Waals surface area contributed by atoms with Crippen molar-refractivity contribution in [1.82, 2.24) is 4.98 Å². The van der Waals surface area contributed by atoms with Crippen molar-refractivity contribution in [3.8, 4) is 6.07 Å². The summed E-state index contributed by atoms with van der Waals surface area (Å²) in [7, 11) is 0. The minimum Gasteiger partial charge on any atom is -0.480 e. The first kappa shape index (κ1) is 11.0. The van der Waals surface area contributed by atoms with E-state index in [1.54, 1.807) is 17.0 Å².